The third kappa shape index (κ3) is 6.70. The molecule has 3 aromatic rings. The molecule has 0 bridgehead atoms. The fourth-order valence-electron chi connectivity index (χ4n) is 3.36. The molecule has 0 unspecified atom stereocenters. The number of pyridine rings is 1. The Hall–Kier alpha value is -2.16. The maximum atomic E-state index is 12.9. The molecule has 0 saturated carbocycles. The maximum absolute atomic E-state index is 12.9. The molecule has 6 nitrogen and oxygen atoms in total. The molecule has 0 spiro atoms. The van der Waals surface area contributed by atoms with Crippen molar-refractivity contribution in [1.29, 1.82) is 0 Å². The van der Waals surface area contributed by atoms with Gasteiger partial charge < -0.3 is 14.1 Å². The highest BCUT2D eigenvalue weighted by Gasteiger charge is 2.40. The van der Waals surface area contributed by atoms with E-state index in [9.17, 15) is 4.79 Å². The van der Waals surface area contributed by atoms with Crippen molar-refractivity contribution in [1.82, 2.24) is 15.0 Å². The number of para-hydroxylation sites is 1. The van der Waals surface area contributed by atoms with Crippen LogP contribution < -0.4 is 0 Å². The van der Waals surface area contributed by atoms with Gasteiger partial charge in [0, 0.05) is 23.8 Å². The van der Waals surface area contributed by atoms with Gasteiger partial charge in [0.2, 0.25) is 0 Å². The fourth-order valence-corrected chi connectivity index (χ4v) is 5.68. The van der Waals surface area contributed by atoms with Gasteiger partial charge in [-0.2, -0.15) is 0 Å². The van der Waals surface area contributed by atoms with Gasteiger partial charge in [-0.3, -0.25) is 0 Å². The van der Waals surface area contributed by atoms with Crippen molar-refractivity contribution < 1.29 is 14.0 Å². The van der Waals surface area contributed by atoms with Crippen molar-refractivity contribution in [3.05, 3.63) is 54.1 Å². The van der Waals surface area contributed by atoms with Crippen LogP contribution in [0.4, 0.5) is 0 Å². The zero-order valence-electron chi connectivity index (χ0n) is 21.3. The second kappa shape index (κ2) is 11.1. The largest absolute Gasteiger partial charge is 0.455 e. The quantitative estimate of drug-likeness (QED) is 0.191. The van der Waals surface area contributed by atoms with Crippen molar-refractivity contribution in [3.63, 3.8) is 0 Å². The highest BCUT2D eigenvalue weighted by atomic mass is 32.2. The Morgan fingerprint density at radius 1 is 1.15 bits per heavy atom. The van der Waals surface area contributed by atoms with Crippen molar-refractivity contribution in [2.45, 2.75) is 82.8 Å². The van der Waals surface area contributed by atoms with Gasteiger partial charge in [-0.1, -0.05) is 52.0 Å². The first-order valence-electron chi connectivity index (χ1n) is 11.9. The minimum absolute atomic E-state index is 0.0673. The summed E-state index contributed by atoms with van der Waals surface area (Å²) in [4.78, 5) is 25.0. The number of aromatic amines is 1. The molecule has 3 rings (SSSR count). The van der Waals surface area contributed by atoms with Crippen molar-refractivity contribution in [3.8, 4) is 0 Å². The topological polar surface area (TPSA) is 77.1 Å². The molecule has 0 fully saturated rings. The van der Waals surface area contributed by atoms with E-state index in [-0.39, 0.29) is 17.2 Å². The lowest BCUT2D eigenvalue weighted by Gasteiger charge is -2.40. The fraction of sp³-hybridized carbons (Fsp3) is 0.500. The van der Waals surface area contributed by atoms with Crippen molar-refractivity contribution in [2.75, 3.05) is 5.75 Å². The Bertz CT molecular complexity index is 1110. The number of nitrogens with one attached hydrogen (secondary N) is 1. The molecule has 2 heterocycles. The normalized spacial score (nSPS) is 14.2. The van der Waals surface area contributed by atoms with Gasteiger partial charge >= 0.3 is 5.97 Å². The maximum Gasteiger partial charge on any atom is 0.358 e. The summed E-state index contributed by atoms with van der Waals surface area (Å²) in [6.07, 6.45) is 2.41. The zero-order valence-corrected chi connectivity index (χ0v) is 23.2. The number of ether oxygens (including phenoxy) is 1. The van der Waals surface area contributed by atoms with Gasteiger partial charge in [-0.25, -0.2) is 14.8 Å². The molecule has 34 heavy (non-hydrogen) atoms. The minimum Gasteiger partial charge on any atom is -0.455 e. The van der Waals surface area contributed by atoms with Gasteiger partial charge in [0.25, 0.3) is 0 Å². The SMILES string of the molecule is CCc1nc(C(=O)O[C@H](CCSc2ccc3ccccc3n2)[C@H](C)O[Si](C)(C)C(C)(C)C)c[nH]1. The molecular weight excluding hydrogens is 462 g/mol. The molecule has 0 aliphatic rings. The van der Waals surface area contributed by atoms with Gasteiger partial charge in [0.05, 0.1) is 16.6 Å². The molecule has 8 heteroatoms. The predicted molar refractivity (Wildman–Crippen MR) is 142 cm³/mol. The summed E-state index contributed by atoms with van der Waals surface area (Å²) in [7, 11) is -2.03. The standard InChI is InChI=1S/C26H37N3O3SSi/c1-8-23-27-17-21(28-23)25(30)31-22(18(2)32-34(6,7)26(3,4)5)15-16-33-24-14-13-19-11-9-10-12-20(19)29-24/h9-14,17-18,22H,8,15-16H2,1-7H3,(H,27,28)/t18-,22+/m0/s1. The molecule has 0 aliphatic carbocycles. The van der Waals surface area contributed by atoms with Gasteiger partial charge in [0.1, 0.15) is 11.9 Å². The number of carbonyl (C=O) groups excluding carboxylic acids is 1. The van der Waals surface area contributed by atoms with E-state index < -0.39 is 14.3 Å². The van der Waals surface area contributed by atoms with Crippen LogP contribution in [0, 0.1) is 0 Å². The van der Waals surface area contributed by atoms with Crippen molar-refractivity contribution in [2.24, 2.45) is 0 Å². The highest BCUT2D eigenvalue weighted by Crippen LogP contribution is 2.38. The summed E-state index contributed by atoms with van der Waals surface area (Å²) in [6, 6.07) is 12.2. The molecule has 0 radical (unpaired) electrons. The molecule has 2 aromatic heterocycles. The number of H-pyrrole nitrogens is 1. The third-order valence-electron chi connectivity index (χ3n) is 6.47. The average molecular weight is 500 g/mol. The van der Waals surface area contributed by atoms with Crippen LogP contribution in [0.25, 0.3) is 10.9 Å². The summed E-state index contributed by atoms with van der Waals surface area (Å²) in [5.41, 5.74) is 1.29. The number of aryl methyl sites for hydroxylation is 1. The Morgan fingerprint density at radius 3 is 2.56 bits per heavy atom. The van der Waals surface area contributed by atoms with E-state index in [4.69, 9.17) is 14.1 Å². The first-order valence-corrected chi connectivity index (χ1v) is 15.8. The second-order valence-corrected chi connectivity index (χ2v) is 16.0. The van der Waals surface area contributed by atoms with Crippen LogP contribution in [-0.4, -0.2) is 47.2 Å². The summed E-state index contributed by atoms with van der Waals surface area (Å²) in [5.74, 6) is 1.11. The molecule has 184 valence electrons. The van der Waals surface area contributed by atoms with Gasteiger partial charge in [-0.15, -0.1) is 11.8 Å². The molecule has 0 amide bonds. The van der Waals surface area contributed by atoms with Crippen molar-refractivity contribution >= 4 is 37.0 Å². The Labute approximate surface area is 208 Å². The molecule has 1 N–H and O–H groups in total. The highest BCUT2D eigenvalue weighted by molar-refractivity contribution is 7.99. The first kappa shape index (κ1) is 26.4. The van der Waals surface area contributed by atoms with Gasteiger partial charge in [0.15, 0.2) is 14.0 Å². The van der Waals surface area contributed by atoms with E-state index in [2.05, 4.69) is 56.0 Å². The number of benzene rings is 1. The summed E-state index contributed by atoms with van der Waals surface area (Å²) >= 11 is 1.67. The lowest BCUT2D eigenvalue weighted by atomic mass is 10.2. The minimum atomic E-state index is -2.03. The summed E-state index contributed by atoms with van der Waals surface area (Å²) < 4.78 is 12.6. The average Bonchev–Trinajstić information content (AvgIpc) is 3.27. The monoisotopic (exact) mass is 499 g/mol. The van der Waals surface area contributed by atoms with Crippen LogP contribution >= 0.6 is 11.8 Å². The van der Waals surface area contributed by atoms with E-state index in [1.165, 1.54) is 0 Å². The van der Waals surface area contributed by atoms with Crippen LogP contribution in [0.1, 0.15) is 57.4 Å². The zero-order chi connectivity index (χ0) is 24.9. The van der Waals surface area contributed by atoms with Crippen LogP contribution in [-0.2, 0) is 15.6 Å². The smallest absolute Gasteiger partial charge is 0.358 e. The van der Waals surface area contributed by atoms with Crippen LogP contribution in [0.5, 0.6) is 0 Å². The lowest BCUT2D eigenvalue weighted by molar-refractivity contribution is -0.00945. The Balaban J connectivity index is 1.70. The number of esters is 1. The molecule has 0 saturated heterocycles. The number of thioether (sulfide) groups is 1. The van der Waals surface area contributed by atoms with Gasteiger partial charge in [-0.05, 0) is 43.6 Å². The van der Waals surface area contributed by atoms with E-state index in [1.54, 1.807) is 18.0 Å². The number of nitrogens with zero attached hydrogens (tertiary/aromatic N) is 2. The van der Waals surface area contributed by atoms with E-state index in [0.29, 0.717) is 12.1 Å². The number of carbonyl (C=O) groups is 1. The number of aromatic nitrogens is 3. The van der Waals surface area contributed by atoms with Crippen LogP contribution in [0.15, 0.2) is 47.6 Å². The lowest BCUT2D eigenvalue weighted by Crippen LogP contribution is -2.47. The molecule has 1 aromatic carbocycles. The molecular formula is C26H37N3O3SSi. The number of hydrogen-bond acceptors (Lipinski definition) is 6. The van der Waals surface area contributed by atoms with Crippen LogP contribution in [0.3, 0.4) is 0 Å². The van der Waals surface area contributed by atoms with E-state index in [1.807, 2.05) is 38.1 Å². The second-order valence-electron chi connectivity index (χ2n) is 10.1. The number of fused-ring (bicyclic) bond motifs is 1. The number of hydrogen-bond donors (Lipinski definition) is 1. The van der Waals surface area contributed by atoms with E-state index >= 15 is 0 Å². The Morgan fingerprint density at radius 2 is 1.88 bits per heavy atom. The van der Waals surface area contributed by atoms with E-state index in [0.717, 1.165) is 33.9 Å². The molecule has 0 aliphatic heterocycles. The summed E-state index contributed by atoms with van der Waals surface area (Å²) in [6.45, 7) is 15.1. The Kier molecular flexibility index (Phi) is 8.60. The number of imidazole rings is 1. The predicted octanol–water partition coefficient (Wildman–Crippen LogP) is 6.64. The third-order valence-corrected chi connectivity index (χ3v) is 12.0. The molecule has 2 atom stereocenters. The van der Waals surface area contributed by atoms with Crippen LogP contribution in [0.2, 0.25) is 18.1 Å². The summed E-state index contributed by atoms with van der Waals surface area (Å²) in [5, 5.41) is 2.15. The first-order chi connectivity index (χ1) is 16.0. The number of rotatable bonds is 10.